The van der Waals surface area contributed by atoms with Crippen molar-refractivity contribution in [2.24, 2.45) is 0 Å². The van der Waals surface area contributed by atoms with Gasteiger partial charge in [0.25, 0.3) is 0 Å². The minimum Gasteiger partial charge on any atom is -0.394 e. The van der Waals surface area contributed by atoms with Crippen LogP contribution in [0.5, 0.6) is 0 Å². The monoisotopic (exact) mass is 670 g/mol. The maximum atomic E-state index is 12.1. The lowest BCUT2D eigenvalue weighted by Gasteiger charge is -2.03. The number of aliphatic hydroxyl groups excluding tert-OH is 3. The van der Waals surface area contributed by atoms with Gasteiger partial charge in [-0.25, -0.2) is 0 Å². The predicted molar refractivity (Wildman–Crippen MR) is 177 cm³/mol. The lowest BCUT2D eigenvalue weighted by atomic mass is 10.3. The molecule has 0 spiro atoms. The molecule has 0 bridgehead atoms. The number of ketones is 3. The van der Waals surface area contributed by atoms with E-state index >= 15 is 0 Å². The molecule has 260 valence electrons. The van der Waals surface area contributed by atoms with Gasteiger partial charge >= 0.3 is 0 Å². The Morgan fingerprint density at radius 1 is 0.391 bits per heavy atom. The molecule has 0 fully saturated rings. The second-order valence-corrected chi connectivity index (χ2v) is 10.8. The topological polar surface area (TPSA) is 167 Å². The van der Waals surface area contributed by atoms with E-state index in [1.54, 1.807) is 36.5 Å². The number of aliphatic hydroxyl groups is 3. The molecule has 0 rings (SSSR count). The van der Waals surface area contributed by atoms with Crippen molar-refractivity contribution in [3.63, 3.8) is 0 Å². The van der Waals surface area contributed by atoms with Gasteiger partial charge in [-0.1, -0.05) is 53.9 Å². The lowest BCUT2D eigenvalue weighted by Crippen LogP contribution is -2.09. The first-order valence-electron chi connectivity index (χ1n) is 15.2. The first kappa shape index (κ1) is 43.5. The molecule has 12 nitrogen and oxygen atoms in total. The zero-order valence-electron chi connectivity index (χ0n) is 26.6. The van der Waals surface area contributed by atoms with Gasteiger partial charge in [0.15, 0.2) is 17.3 Å². The first-order chi connectivity index (χ1) is 22.5. The van der Waals surface area contributed by atoms with Crippen molar-refractivity contribution in [1.29, 1.82) is 0 Å². The van der Waals surface area contributed by atoms with E-state index in [1.807, 2.05) is 17.5 Å². The molecule has 46 heavy (non-hydrogen) atoms. The minimum absolute atomic E-state index is 0.0427. The van der Waals surface area contributed by atoms with Crippen LogP contribution in [0.1, 0.15) is 19.3 Å². The summed E-state index contributed by atoms with van der Waals surface area (Å²) >= 11 is 0. The van der Waals surface area contributed by atoms with Crippen LogP contribution in [-0.2, 0) is 42.8 Å². The van der Waals surface area contributed by atoms with Crippen molar-refractivity contribution in [1.82, 2.24) is 0 Å². The molecule has 0 aromatic carbocycles. The average molecular weight is 671 g/mol. The number of hydrogen-bond donors (Lipinski definition) is 3. The molecular formula is C33H51O12P. The van der Waals surface area contributed by atoms with Crippen molar-refractivity contribution >= 4 is 25.3 Å². The summed E-state index contributed by atoms with van der Waals surface area (Å²) in [6.45, 7) is 3.61. The highest BCUT2D eigenvalue weighted by Crippen LogP contribution is 2.40. The Labute approximate surface area is 273 Å². The van der Waals surface area contributed by atoms with Crippen molar-refractivity contribution in [3.05, 3.63) is 72.1 Å². The van der Waals surface area contributed by atoms with Crippen molar-refractivity contribution in [2.45, 2.75) is 19.3 Å². The Balaban J connectivity index is 4.82. The van der Waals surface area contributed by atoms with E-state index < -0.39 is 7.92 Å². The summed E-state index contributed by atoms with van der Waals surface area (Å²) in [6.07, 6.45) is 15.4. The number of carbonyl (C=O) groups excluding carboxylic acids is 3. The molecule has 0 saturated heterocycles. The molecule has 0 aliphatic heterocycles. The fraction of sp³-hybridized carbons (Fsp3) is 0.545. The number of allylic oxidation sites excluding steroid dienone is 9. The highest BCUT2D eigenvalue weighted by Gasteiger charge is 1.99. The second kappa shape index (κ2) is 35.4. The standard InChI is InChI=1S/C33H51O12P/c34-13-19-43-25-22-40-16-10-31(37)7-1-4-28-46(29-5-2-8-32(38)11-17-41-23-26-44-20-14-35)30-6-3-9-33(39)12-18-42-24-27-45-21-15-36/h1-9,28-30,34-36H,10-27H2/b7-1+,8-2+,9-3+,28-4+,29-5+,30-6+. The summed E-state index contributed by atoms with van der Waals surface area (Å²) in [5.74, 6) is 5.52. The summed E-state index contributed by atoms with van der Waals surface area (Å²) in [7, 11) is -0.915. The molecule has 0 heterocycles. The molecule has 0 aromatic rings. The summed E-state index contributed by atoms with van der Waals surface area (Å²) < 4.78 is 31.3. The van der Waals surface area contributed by atoms with Gasteiger partial charge in [0, 0.05) is 19.3 Å². The zero-order chi connectivity index (χ0) is 33.8. The summed E-state index contributed by atoms with van der Waals surface area (Å²) in [6, 6.07) is 0. The molecule has 0 amide bonds. The van der Waals surface area contributed by atoms with Crippen LogP contribution < -0.4 is 0 Å². The largest absolute Gasteiger partial charge is 0.394 e. The molecular weight excluding hydrogens is 619 g/mol. The SMILES string of the molecule is O=C(/C=C/C=C/P(/C=C/C=C/C(=O)CCOCCOCCO)/C=C/C=C/C(=O)CCOCCOCCO)CCOCCOCCO. The smallest absolute Gasteiger partial charge is 0.157 e. The van der Waals surface area contributed by atoms with Crippen LogP contribution in [0.4, 0.5) is 0 Å². The quantitative estimate of drug-likeness (QED) is 0.0405. The number of carbonyl (C=O) groups is 3. The molecule has 0 aliphatic rings. The third-order valence-corrected chi connectivity index (χ3v) is 6.80. The van der Waals surface area contributed by atoms with E-state index in [9.17, 15) is 14.4 Å². The molecule has 0 aromatic heterocycles. The third kappa shape index (κ3) is 32.9. The van der Waals surface area contributed by atoms with E-state index in [4.69, 9.17) is 43.7 Å². The average Bonchev–Trinajstić information content (AvgIpc) is 3.05. The fourth-order valence-electron chi connectivity index (χ4n) is 3.01. The summed E-state index contributed by atoms with van der Waals surface area (Å²) in [5, 5.41) is 26.0. The highest BCUT2D eigenvalue weighted by atomic mass is 31.1. The number of hydrogen-bond acceptors (Lipinski definition) is 12. The molecule has 3 N–H and O–H groups in total. The zero-order valence-corrected chi connectivity index (χ0v) is 27.5. The highest BCUT2D eigenvalue weighted by molar-refractivity contribution is 7.67. The predicted octanol–water partition coefficient (Wildman–Crippen LogP) is 2.63. The van der Waals surface area contributed by atoms with Gasteiger partial charge in [-0.15, -0.1) is 0 Å². The van der Waals surface area contributed by atoms with Crippen molar-refractivity contribution < 1.29 is 58.1 Å². The molecule has 0 atom stereocenters. The number of rotatable bonds is 33. The molecule has 0 radical (unpaired) electrons. The third-order valence-electron chi connectivity index (χ3n) is 5.26. The maximum Gasteiger partial charge on any atom is 0.157 e. The molecule has 0 aliphatic carbocycles. The molecule has 0 unspecified atom stereocenters. The Bertz CT molecular complexity index is 824. The van der Waals surface area contributed by atoms with Crippen LogP contribution in [0.15, 0.2) is 72.1 Å². The van der Waals surface area contributed by atoms with E-state index in [0.29, 0.717) is 39.6 Å². The summed E-state index contributed by atoms with van der Waals surface area (Å²) in [4.78, 5) is 36.2. The van der Waals surface area contributed by atoms with Gasteiger partial charge in [-0.2, -0.15) is 0 Å². The fourth-order valence-corrected chi connectivity index (χ4v) is 4.21. The molecule has 13 heteroatoms. The van der Waals surface area contributed by atoms with Crippen molar-refractivity contribution in [3.8, 4) is 0 Å². The van der Waals surface area contributed by atoms with Gasteiger partial charge in [0.05, 0.1) is 99.1 Å². The minimum atomic E-state index is -0.915. The van der Waals surface area contributed by atoms with E-state index in [-0.39, 0.29) is 96.1 Å². The van der Waals surface area contributed by atoms with Gasteiger partial charge in [-0.05, 0) is 26.1 Å². The van der Waals surface area contributed by atoms with Gasteiger partial charge in [-0.3, -0.25) is 14.4 Å². The Morgan fingerprint density at radius 3 is 0.913 bits per heavy atom. The normalized spacial score (nSPS) is 12.5. The van der Waals surface area contributed by atoms with Crippen LogP contribution in [0.3, 0.4) is 0 Å². The lowest BCUT2D eigenvalue weighted by molar-refractivity contribution is -0.116. The Morgan fingerprint density at radius 2 is 0.652 bits per heavy atom. The van der Waals surface area contributed by atoms with E-state index in [0.717, 1.165) is 0 Å². The maximum absolute atomic E-state index is 12.1. The summed E-state index contributed by atoms with van der Waals surface area (Å²) in [5.41, 5.74) is 0. The van der Waals surface area contributed by atoms with E-state index in [1.165, 1.54) is 18.2 Å². The van der Waals surface area contributed by atoms with Crippen molar-refractivity contribution in [2.75, 3.05) is 99.1 Å². The van der Waals surface area contributed by atoms with Crippen LogP contribution in [0, 0.1) is 0 Å². The van der Waals surface area contributed by atoms with Gasteiger partial charge in [0.1, 0.15) is 0 Å². The molecule has 0 saturated carbocycles. The van der Waals surface area contributed by atoms with Gasteiger partial charge < -0.3 is 43.7 Å². The Hall–Kier alpha value is -2.48. The second-order valence-electron chi connectivity index (χ2n) is 9.04. The van der Waals surface area contributed by atoms with Crippen LogP contribution >= 0.6 is 7.92 Å². The Kier molecular flexibility index (Phi) is 33.5. The number of ether oxygens (including phenoxy) is 6. The van der Waals surface area contributed by atoms with Gasteiger partial charge in [0.2, 0.25) is 0 Å². The van der Waals surface area contributed by atoms with Crippen LogP contribution in [0.2, 0.25) is 0 Å². The van der Waals surface area contributed by atoms with Crippen LogP contribution in [0.25, 0.3) is 0 Å². The van der Waals surface area contributed by atoms with E-state index in [2.05, 4.69) is 0 Å². The first-order valence-corrected chi connectivity index (χ1v) is 16.8. The van der Waals surface area contributed by atoms with Crippen LogP contribution in [-0.4, -0.2) is 132 Å².